The number of esters is 1. The zero-order valence-corrected chi connectivity index (χ0v) is 16.6. The van der Waals surface area contributed by atoms with E-state index in [1.54, 1.807) is 26.9 Å². The number of Topliss-reactive ketones (excluding diaryl/α,β-unsaturated/α-hetero) is 1. The van der Waals surface area contributed by atoms with Crippen molar-refractivity contribution >= 4 is 11.8 Å². The van der Waals surface area contributed by atoms with Crippen LogP contribution in [0.15, 0.2) is 34.7 Å². The van der Waals surface area contributed by atoms with Crippen LogP contribution in [-0.4, -0.2) is 23.5 Å². The number of ether oxygens (including phenoxy) is 1. The quantitative estimate of drug-likeness (QED) is 0.631. The van der Waals surface area contributed by atoms with E-state index in [1.807, 2.05) is 32.9 Å². The maximum absolute atomic E-state index is 12.8. The number of aryl methyl sites for hydroxylation is 3. The Kier molecular flexibility index (Phi) is 6.12. The van der Waals surface area contributed by atoms with E-state index < -0.39 is 17.7 Å². The molecule has 5 nitrogen and oxygen atoms in total. The SMILES string of the molecule is CCOC(=O)C1=C(C)NC(C)=C(C(=O)C#CO)C1c1c(C)cc(C)cc1C. The van der Waals surface area contributed by atoms with Gasteiger partial charge in [0.2, 0.25) is 5.78 Å². The lowest BCUT2D eigenvalue weighted by Crippen LogP contribution is -2.32. The Labute approximate surface area is 160 Å². The number of hydrogen-bond acceptors (Lipinski definition) is 5. The molecule has 0 amide bonds. The van der Waals surface area contributed by atoms with Crippen molar-refractivity contribution in [3.63, 3.8) is 0 Å². The molecular weight excluding hydrogens is 342 g/mol. The average molecular weight is 367 g/mol. The van der Waals surface area contributed by atoms with E-state index in [-0.39, 0.29) is 6.61 Å². The van der Waals surface area contributed by atoms with Gasteiger partial charge in [0, 0.05) is 28.8 Å². The molecule has 0 saturated carbocycles. The first kappa shape index (κ1) is 20.3. The maximum Gasteiger partial charge on any atom is 0.336 e. The minimum absolute atomic E-state index is 0.233. The standard InChI is InChI=1S/C22H25NO4/c1-7-27-22(26)20-16(6)23-15(5)19(17(25)8-9-24)21(20)18-13(3)10-12(2)11-14(18)4/h10-11,21,23-24H,7H2,1-6H3. The van der Waals surface area contributed by atoms with Crippen molar-refractivity contribution in [3.05, 3.63) is 56.9 Å². The van der Waals surface area contributed by atoms with E-state index in [0.717, 1.165) is 22.3 Å². The molecule has 0 aliphatic carbocycles. The number of allylic oxidation sites excluding steroid dienone is 3. The second-order valence-electron chi connectivity index (χ2n) is 6.73. The van der Waals surface area contributed by atoms with Crippen molar-refractivity contribution in [2.75, 3.05) is 6.61 Å². The summed E-state index contributed by atoms with van der Waals surface area (Å²) in [7, 11) is 0. The van der Waals surface area contributed by atoms with Gasteiger partial charge in [-0.3, -0.25) is 4.79 Å². The van der Waals surface area contributed by atoms with Crippen LogP contribution in [0.3, 0.4) is 0 Å². The second kappa shape index (κ2) is 8.13. The highest BCUT2D eigenvalue weighted by molar-refractivity contribution is 6.12. The summed E-state index contributed by atoms with van der Waals surface area (Å²) >= 11 is 0. The summed E-state index contributed by atoms with van der Waals surface area (Å²) in [6.45, 7) is 11.5. The molecule has 2 N–H and O–H groups in total. The first-order valence-corrected chi connectivity index (χ1v) is 8.85. The van der Waals surface area contributed by atoms with Crippen LogP contribution in [0.1, 0.15) is 48.9 Å². The van der Waals surface area contributed by atoms with E-state index >= 15 is 0 Å². The summed E-state index contributed by atoms with van der Waals surface area (Å²) in [5.74, 6) is 0.587. The van der Waals surface area contributed by atoms with Crippen LogP contribution < -0.4 is 5.32 Å². The second-order valence-corrected chi connectivity index (χ2v) is 6.73. The number of ketones is 1. The zero-order valence-electron chi connectivity index (χ0n) is 16.6. The van der Waals surface area contributed by atoms with Gasteiger partial charge in [-0.15, -0.1) is 0 Å². The highest BCUT2D eigenvalue weighted by atomic mass is 16.5. The van der Waals surface area contributed by atoms with Gasteiger partial charge >= 0.3 is 5.97 Å². The molecule has 5 heteroatoms. The van der Waals surface area contributed by atoms with E-state index in [1.165, 1.54) is 0 Å². The highest BCUT2D eigenvalue weighted by Gasteiger charge is 2.38. The Balaban J connectivity index is 2.82. The van der Waals surface area contributed by atoms with E-state index in [0.29, 0.717) is 22.5 Å². The van der Waals surface area contributed by atoms with Gasteiger partial charge in [0.1, 0.15) is 6.11 Å². The zero-order chi connectivity index (χ0) is 20.3. The number of dihydropyridines is 1. The molecule has 0 spiro atoms. The lowest BCUT2D eigenvalue weighted by atomic mass is 9.75. The van der Waals surface area contributed by atoms with Gasteiger partial charge in [-0.25, -0.2) is 4.79 Å². The van der Waals surface area contributed by atoms with Gasteiger partial charge < -0.3 is 15.2 Å². The normalized spacial score (nSPS) is 16.4. The summed E-state index contributed by atoms with van der Waals surface area (Å²) in [6.07, 6.45) is 1.68. The fourth-order valence-corrected chi connectivity index (χ4v) is 3.83. The van der Waals surface area contributed by atoms with Crippen molar-refractivity contribution in [1.82, 2.24) is 5.32 Å². The molecule has 27 heavy (non-hydrogen) atoms. The monoisotopic (exact) mass is 367 g/mol. The van der Waals surface area contributed by atoms with Crippen LogP contribution in [-0.2, 0) is 14.3 Å². The lowest BCUT2D eigenvalue weighted by molar-refractivity contribution is -0.138. The molecule has 1 aliphatic heterocycles. The smallest absolute Gasteiger partial charge is 0.336 e. The molecule has 1 aliphatic rings. The van der Waals surface area contributed by atoms with Crippen LogP contribution in [0.2, 0.25) is 0 Å². The molecule has 0 radical (unpaired) electrons. The largest absolute Gasteiger partial charge is 0.463 e. The van der Waals surface area contributed by atoms with E-state index in [4.69, 9.17) is 9.84 Å². The van der Waals surface area contributed by atoms with E-state index in [2.05, 4.69) is 11.2 Å². The summed E-state index contributed by atoms with van der Waals surface area (Å²) in [4.78, 5) is 25.5. The van der Waals surface area contributed by atoms with Crippen molar-refractivity contribution in [1.29, 1.82) is 0 Å². The molecular formula is C22H25NO4. The van der Waals surface area contributed by atoms with Gasteiger partial charge in [0.25, 0.3) is 0 Å². The topological polar surface area (TPSA) is 75.6 Å². The number of aliphatic hydroxyl groups is 1. The van der Waals surface area contributed by atoms with Crippen LogP contribution in [0.4, 0.5) is 0 Å². The molecule has 0 fully saturated rings. The van der Waals surface area contributed by atoms with Crippen molar-refractivity contribution in [2.24, 2.45) is 0 Å². The summed E-state index contributed by atoms with van der Waals surface area (Å²) in [5.41, 5.74) is 5.92. The third-order valence-corrected chi connectivity index (χ3v) is 4.70. The Hall–Kier alpha value is -3.00. The van der Waals surface area contributed by atoms with Gasteiger partial charge in [0.05, 0.1) is 12.2 Å². The van der Waals surface area contributed by atoms with Crippen LogP contribution in [0, 0.1) is 32.8 Å². The van der Waals surface area contributed by atoms with Crippen LogP contribution in [0.5, 0.6) is 0 Å². The fraction of sp³-hybridized carbons (Fsp3) is 0.364. The van der Waals surface area contributed by atoms with Crippen LogP contribution >= 0.6 is 0 Å². The van der Waals surface area contributed by atoms with Gasteiger partial charge in [-0.2, -0.15) is 0 Å². The molecule has 0 bridgehead atoms. The maximum atomic E-state index is 12.8. The average Bonchev–Trinajstić information content (AvgIpc) is 2.53. The Morgan fingerprint density at radius 3 is 2.15 bits per heavy atom. The van der Waals surface area contributed by atoms with Gasteiger partial charge in [0.15, 0.2) is 0 Å². The number of nitrogens with one attached hydrogen (secondary N) is 1. The Morgan fingerprint density at radius 1 is 1.07 bits per heavy atom. The minimum Gasteiger partial charge on any atom is -0.463 e. The predicted molar refractivity (Wildman–Crippen MR) is 103 cm³/mol. The van der Waals surface area contributed by atoms with E-state index in [9.17, 15) is 9.59 Å². The predicted octanol–water partition coefficient (Wildman–Crippen LogP) is 3.31. The third kappa shape index (κ3) is 3.90. The lowest BCUT2D eigenvalue weighted by Gasteiger charge is -2.32. The molecule has 1 aromatic rings. The Morgan fingerprint density at radius 2 is 1.63 bits per heavy atom. The number of rotatable bonds is 4. The molecule has 1 heterocycles. The molecule has 1 aromatic carbocycles. The molecule has 142 valence electrons. The number of carbonyl (C=O) groups is 2. The van der Waals surface area contributed by atoms with Gasteiger partial charge in [-0.05, 0) is 58.2 Å². The van der Waals surface area contributed by atoms with Crippen molar-refractivity contribution < 1.29 is 19.4 Å². The van der Waals surface area contributed by atoms with Gasteiger partial charge in [-0.1, -0.05) is 17.7 Å². The molecule has 1 atom stereocenters. The summed E-state index contributed by atoms with van der Waals surface area (Å²) in [6, 6.07) is 4.05. The number of benzene rings is 1. The molecule has 1 unspecified atom stereocenters. The summed E-state index contributed by atoms with van der Waals surface area (Å²) in [5, 5.41) is 12.0. The summed E-state index contributed by atoms with van der Waals surface area (Å²) < 4.78 is 5.27. The van der Waals surface area contributed by atoms with Crippen LogP contribution in [0.25, 0.3) is 0 Å². The minimum atomic E-state index is -0.612. The van der Waals surface area contributed by atoms with Crippen molar-refractivity contribution in [3.8, 4) is 12.0 Å². The molecule has 0 saturated heterocycles. The first-order chi connectivity index (χ1) is 12.7. The molecule has 0 aromatic heterocycles. The highest BCUT2D eigenvalue weighted by Crippen LogP contribution is 2.41. The number of hydrogen-bond donors (Lipinski definition) is 2. The number of carbonyl (C=O) groups excluding carboxylic acids is 2. The third-order valence-electron chi connectivity index (χ3n) is 4.70. The number of aliphatic hydroxyl groups excluding tert-OH is 1. The Bertz CT molecular complexity index is 902. The molecule has 2 rings (SSSR count). The van der Waals surface area contributed by atoms with Crippen molar-refractivity contribution in [2.45, 2.75) is 47.5 Å². The fourth-order valence-electron chi connectivity index (χ4n) is 3.83. The first-order valence-electron chi connectivity index (χ1n) is 8.85.